The van der Waals surface area contributed by atoms with E-state index in [0.29, 0.717) is 24.0 Å². The molecule has 0 saturated carbocycles. The number of aryl methyl sites for hydroxylation is 1. The highest BCUT2D eigenvalue weighted by Gasteiger charge is 2.14. The molecule has 0 spiro atoms. The average molecular weight is 329 g/mol. The summed E-state index contributed by atoms with van der Waals surface area (Å²) in [7, 11) is 0. The lowest BCUT2D eigenvalue weighted by Gasteiger charge is -2.11. The average Bonchev–Trinajstić information content (AvgIpc) is 2.60. The number of carboxylic acid groups (broad SMARTS) is 1. The Morgan fingerprint density at radius 2 is 1.71 bits per heavy atom. The predicted octanol–water partition coefficient (Wildman–Crippen LogP) is 1.52. The van der Waals surface area contributed by atoms with E-state index in [9.17, 15) is 14.4 Å². The van der Waals surface area contributed by atoms with Crippen molar-refractivity contribution in [2.45, 2.75) is 33.2 Å². The first-order valence-corrected chi connectivity index (χ1v) is 7.68. The van der Waals surface area contributed by atoms with E-state index < -0.39 is 5.97 Å². The summed E-state index contributed by atoms with van der Waals surface area (Å²) >= 11 is 0. The number of nitrogens with zero attached hydrogens (tertiary/aromatic N) is 1. The fraction of sp³-hybridized carbons (Fsp3) is 0.294. The van der Waals surface area contributed by atoms with Crippen molar-refractivity contribution in [2.75, 3.05) is 0 Å². The number of benzene rings is 1. The van der Waals surface area contributed by atoms with E-state index in [2.05, 4.69) is 15.5 Å². The Balaban J connectivity index is 2.17. The van der Waals surface area contributed by atoms with E-state index in [4.69, 9.17) is 5.11 Å². The Labute approximate surface area is 138 Å². The molecule has 1 aromatic heterocycles. The summed E-state index contributed by atoms with van der Waals surface area (Å²) in [5.41, 5.74) is 2.29. The number of amides is 1. The van der Waals surface area contributed by atoms with Crippen molar-refractivity contribution < 1.29 is 14.7 Å². The largest absolute Gasteiger partial charge is 0.478 e. The number of H-pyrrole nitrogens is 1. The molecule has 0 saturated heterocycles. The molecule has 7 nitrogen and oxygen atoms in total. The molecule has 1 amide bonds. The number of carbonyl (C=O) groups excluding carboxylic acids is 1. The van der Waals surface area contributed by atoms with Gasteiger partial charge in [-0.15, -0.1) is 0 Å². The number of hydrogen-bond acceptors (Lipinski definition) is 4. The van der Waals surface area contributed by atoms with Crippen molar-refractivity contribution in [3.8, 4) is 0 Å². The quantitative estimate of drug-likeness (QED) is 0.744. The van der Waals surface area contributed by atoms with E-state index in [-0.39, 0.29) is 23.6 Å². The summed E-state index contributed by atoms with van der Waals surface area (Å²) in [6, 6.07) is 5.61. The first kappa shape index (κ1) is 17.4. The number of carboxylic acids is 1. The van der Waals surface area contributed by atoms with Gasteiger partial charge < -0.3 is 10.4 Å². The topological polar surface area (TPSA) is 112 Å². The molecule has 0 aliphatic rings. The number of aromatic nitrogens is 2. The summed E-state index contributed by atoms with van der Waals surface area (Å²) in [5, 5.41) is 18.0. The molecule has 1 aromatic carbocycles. The van der Waals surface area contributed by atoms with Gasteiger partial charge in [-0.05, 0) is 42.7 Å². The lowest BCUT2D eigenvalue weighted by molar-refractivity contribution is 0.0696. The fourth-order valence-electron chi connectivity index (χ4n) is 2.50. The number of nitrogens with one attached hydrogen (secondary N) is 2. The second-order valence-corrected chi connectivity index (χ2v) is 5.23. The number of hydrogen-bond donors (Lipinski definition) is 3. The van der Waals surface area contributed by atoms with Crippen LogP contribution in [0.1, 0.15) is 51.4 Å². The van der Waals surface area contributed by atoms with Crippen LogP contribution in [0.25, 0.3) is 0 Å². The molecule has 0 aliphatic heterocycles. The van der Waals surface area contributed by atoms with Crippen LogP contribution in [0.2, 0.25) is 0 Å². The zero-order valence-corrected chi connectivity index (χ0v) is 13.5. The smallest absolute Gasteiger partial charge is 0.335 e. The maximum atomic E-state index is 12.2. The number of aromatic amines is 1. The van der Waals surface area contributed by atoms with Gasteiger partial charge in [0.05, 0.1) is 11.3 Å². The van der Waals surface area contributed by atoms with Crippen LogP contribution < -0.4 is 10.9 Å². The molecule has 0 fully saturated rings. The Morgan fingerprint density at radius 3 is 2.25 bits per heavy atom. The van der Waals surface area contributed by atoms with Gasteiger partial charge in [0.2, 0.25) is 0 Å². The van der Waals surface area contributed by atoms with E-state index in [1.165, 1.54) is 24.3 Å². The molecule has 24 heavy (non-hydrogen) atoms. The van der Waals surface area contributed by atoms with Gasteiger partial charge in [0.15, 0.2) is 0 Å². The van der Waals surface area contributed by atoms with E-state index >= 15 is 0 Å². The van der Waals surface area contributed by atoms with Gasteiger partial charge >= 0.3 is 5.97 Å². The van der Waals surface area contributed by atoms with Crippen molar-refractivity contribution in [3.63, 3.8) is 0 Å². The molecule has 2 rings (SSSR count). The molecule has 0 atom stereocenters. The second-order valence-electron chi connectivity index (χ2n) is 5.23. The molecule has 2 aromatic rings. The van der Waals surface area contributed by atoms with E-state index in [1.54, 1.807) is 0 Å². The molecule has 0 unspecified atom stereocenters. The van der Waals surface area contributed by atoms with Crippen molar-refractivity contribution in [1.82, 2.24) is 15.5 Å². The Bertz CT molecular complexity index is 810. The summed E-state index contributed by atoms with van der Waals surface area (Å²) in [4.78, 5) is 35.0. The number of rotatable bonds is 6. The zero-order valence-electron chi connectivity index (χ0n) is 13.5. The van der Waals surface area contributed by atoms with Crippen LogP contribution in [-0.2, 0) is 19.4 Å². The van der Waals surface area contributed by atoms with Gasteiger partial charge in [0.1, 0.15) is 0 Å². The molecule has 3 N–H and O–H groups in total. The predicted molar refractivity (Wildman–Crippen MR) is 88.2 cm³/mol. The highest BCUT2D eigenvalue weighted by Crippen LogP contribution is 2.10. The first-order valence-electron chi connectivity index (χ1n) is 7.68. The molecule has 0 aliphatic carbocycles. The maximum absolute atomic E-state index is 12.2. The zero-order chi connectivity index (χ0) is 17.7. The summed E-state index contributed by atoms with van der Waals surface area (Å²) in [5.74, 6) is -1.42. The minimum absolute atomic E-state index is 0.0908. The minimum atomic E-state index is -1.05. The Hall–Kier alpha value is -2.96. The van der Waals surface area contributed by atoms with Gasteiger partial charge in [-0.1, -0.05) is 13.8 Å². The second kappa shape index (κ2) is 7.54. The summed E-state index contributed by atoms with van der Waals surface area (Å²) in [6.07, 6.45) is 1.34. The third-order valence-corrected chi connectivity index (χ3v) is 3.79. The van der Waals surface area contributed by atoms with E-state index in [1.807, 2.05) is 13.8 Å². The van der Waals surface area contributed by atoms with Gasteiger partial charge in [-0.25, -0.2) is 9.89 Å². The van der Waals surface area contributed by atoms with Gasteiger partial charge in [-0.3, -0.25) is 9.59 Å². The van der Waals surface area contributed by atoms with Crippen molar-refractivity contribution in [3.05, 3.63) is 62.6 Å². The summed E-state index contributed by atoms with van der Waals surface area (Å²) < 4.78 is 0. The van der Waals surface area contributed by atoms with Crippen LogP contribution in [0, 0.1) is 0 Å². The number of carbonyl (C=O) groups is 2. The standard InChI is InChI=1S/C17H19N3O4/c1-3-12-13(16(22)20-19-14(12)4-2)9-18-15(21)10-5-7-11(8-6-10)17(23)24/h5-8H,3-4,9H2,1-2H3,(H,18,21)(H,20,22)(H,23,24). The van der Waals surface area contributed by atoms with Crippen LogP contribution in [0.5, 0.6) is 0 Å². The maximum Gasteiger partial charge on any atom is 0.335 e. The van der Waals surface area contributed by atoms with Crippen LogP contribution in [0.3, 0.4) is 0 Å². The normalized spacial score (nSPS) is 10.4. The molecular formula is C17H19N3O4. The molecule has 0 bridgehead atoms. The fourth-order valence-corrected chi connectivity index (χ4v) is 2.50. The highest BCUT2D eigenvalue weighted by molar-refractivity contribution is 5.95. The van der Waals surface area contributed by atoms with Crippen LogP contribution in [0.15, 0.2) is 29.1 Å². The van der Waals surface area contributed by atoms with Crippen molar-refractivity contribution in [1.29, 1.82) is 0 Å². The third kappa shape index (κ3) is 3.68. The SMILES string of the molecule is CCc1n[nH]c(=O)c(CNC(=O)c2ccc(C(=O)O)cc2)c1CC. The molecule has 126 valence electrons. The third-order valence-electron chi connectivity index (χ3n) is 3.79. The van der Waals surface area contributed by atoms with Crippen LogP contribution in [-0.4, -0.2) is 27.2 Å². The van der Waals surface area contributed by atoms with Crippen molar-refractivity contribution >= 4 is 11.9 Å². The molecular weight excluding hydrogens is 310 g/mol. The molecule has 1 heterocycles. The van der Waals surface area contributed by atoms with Gasteiger partial charge in [0.25, 0.3) is 11.5 Å². The van der Waals surface area contributed by atoms with Gasteiger partial charge in [-0.2, -0.15) is 5.10 Å². The van der Waals surface area contributed by atoms with Crippen LogP contribution in [0.4, 0.5) is 0 Å². The van der Waals surface area contributed by atoms with Crippen LogP contribution >= 0.6 is 0 Å². The first-order chi connectivity index (χ1) is 11.5. The molecule has 0 radical (unpaired) electrons. The highest BCUT2D eigenvalue weighted by atomic mass is 16.4. The monoisotopic (exact) mass is 329 g/mol. The van der Waals surface area contributed by atoms with E-state index in [0.717, 1.165) is 11.3 Å². The van der Waals surface area contributed by atoms with Gasteiger partial charge in [0, 0.05) is 17.7 Å². The summed E-state index contributed by atoms with van der Waals surface area (Å²) in [6.45, 7) is 3.98. The Morgan fingerprint density at radius 1 is 1.08 bits per heavy atom. The number of aromatic carboxylic acids is 1. The lowest BCUT2D eigenvalue weighted by atomic mass is 10.0. The Kier molecular flexibility index (Phi) is 5.47. The lowest BCUT2D eigenvalue weighted by Crippen LogP contribution is -2.29. The molecule has 7 heteroatoms. The van der Waals surface area contributed by atoms with Crippen molar-refractivity contribution in [2.24, 2.45) is 0 Å². The minimum Gasteiger partial charge on any atom is -0.478 e.